The number of amides is 1. The molecule has 2 aromatic carbocycles. The summed E-state index contributed by atoms with van der Waals surface area (Å²) >= 11 is 0. The minimum absolute atomic E-state index is 0.0639. The molecule has 31 heavy (non-hydrogen) atoms. The Hall–Kier alpha value is -2.62. The van der Waals surface area contributed by atoms with E-state index in [-0.39, 0.29) is 11.3 Å². The van der Waals surface area contributed by atoms with Crippen LogP contribution < -0.4 is 5.73 Å². The van der Waals surface area contributed by atoms with Gasteiger partial charge in [-0.15, -0.1) is 0 Å². The minimum Gasteiger partial charge on any atom is -0.369 e. The van der Waals surface area contributed by atoms with Crippen molar-refractivity contribution in [3.63, 3.8) is 0 Å². The topological polar surface area (TPSA) is 58.7 Å². The first-order valence-electron chi connectivity index (χ1n) is 11.8. The normalized spacial score (nSPS) is 26.2. The summed E-state index contributed by atoms with van der Waals surface area (Å²) in [6.07, 6.45) is 9.93. The van der Waals surface area contributed by atoms with Crippen LogP contribution in [-0.2, 0) is 36.0 Å². The molecule has 4 heteroatoms. The zero-order valence-electron chi connectivity index (χ0n) is 18.4. The van der Waals surface area contributed by atoms with Crippen LogP contribution in [0.1, 0.15) is 59.9 Å². The molecule has 1 fully saturated rings. The Labute approximate surface area is 184 Å². The van der Waals surface area contributed by atoms with Crippen molar-refractivity contribution in [3.05, 3.63) is 70.3 Å². The molecule has 6 rings (SSSR count). The van der Waals surface area contributed by atoms with Crippen molar-refractivity contribution in [2.75, 3.05) is 7.05 Å². The van der Waals surface area contributed by atoms with Gasteiger partial charge in [0.15, 0.2) is 11.5 Å². The fourth-order valence-corrected chi connectivity index (χ4v) is 6.44. The predicted molar refractivity (Wildman–Crippen MR) is 123 cm³/mol. The zero-order valence-corrected chi connectivity index (χ0v) is 18.4. The Kier molecular flexibility index (Phi) is 4.12. The number of carbonyl (C=O) groups excluding carboxylic acids is 1. The van der Waals surface area contributed by atoms with Crippen LogP contribution in [-0.4, -0.2) is 23.8 Å². The third-order valence-corrected chi connectivity index (χ3v) is 8.50. The van der Waals surface area contributed by atoms with Gasteiger partial charge >= 0.3 is 0 Å². The van der Waals surface area contributed by atoms with Crippen molar-refractivity contribution in [2.24, 2.45) is 22.1 Å². The Morgan fingerprint density at radius 3 is 2.39 bits per heavy atom. The lowest BCUT2D eigenvalue weighted by Gasteiger charge is -2.40. The fourth-order valence-electron chi connectivity index (χ4n) is 6.44. The standard InChI is InChI=1S/C27H31N3O/c1-30-24(31)27(29-25(30)28)23-16-19(9-8-18-6-7-18)10-11-22(23)17-26(27)14-12-20-4-2-3-5-21(20)13-15-26/h2-5,10-11,16,18H,6-9,12-15,17H2,1H3,(H2,28,29)/t27-/m1/s1. The number of nitrogens with two attached hydrogens (primary N) is 1. The molecule has 1 atom stereocenters. The van der Waals surface area contributed by atoms with Crippen molar-refractivity contribution in [2.45, 2.75) is 63.3 Å². The smallest absolute Gasteiger partial charge is 0.262 e. The van der Waals surface area contributed by atoms with Gasteiger partial charge in [-0.2, -0.15) is 0 Å². The van der Waals surface area contributed by atoms with Crippen molar-refractivity contribution < 1.29 is 4.79 Å². The SMILES string of the molecule is CN1C(=O)[C@]2(N=C1N)c1cc(CCC3CC3)ccc1CC21CCc2ccccc2CC1. The third kappa shape index (κ3) is 2.73. The average Bonchev–Trinajstić information content (AvgIpc) is 3.56. The third-order valence-electron chi connectivity index (χ3n) is 8.50. The molecule has 0 radical (unpaired) electrons. The quantitative estimate of drug-likeness (QED) is 0.822. The lowest BCUT2D eigenvalue weighted by molar-refractivity contribution is -0.135. The molecule has 0 saturated heterocycles. The molecule has 2 spiro atoms. The minimum atomic E-state index is -0.862. The van der Waals surface area contributed by atoms with E-state index in [9.17, 15) is 4.79 Å². The van der Waals surface area contributed by atoms with Crippen LogP contribution in [0.2, 0.25) is 0 Å². The van der Waals surface area contributed by atoms with Crippen molar-refractivity contribution in [3.8, 4) is 0 Å². The number of hydrogen-bond acceptors (Lipinski definition) is 3. The fraction of sp³-hybridized carbons (Fsp3) is 0.481. The van der Waals surface area contributed by atoms with Crippen LogP contribution in [0.4, 0.5) is 0 Å². The molecular formula is C27H31N3O. The van der Waals surface area contributed by atoms with Gasteiger partial charge in [-0.25, -0.2) is 4.99 Å². The van der Waals surface area contributed by atoms with Crippen molar-refractivity contribution >= 4 is 11.9 Å². The van der Waals surface area contributed by atoms with E-state index in [0.29, 0.717) is 5.96 Å². The molecule has 1 saturated carbocycles. The molecule has 160 valence electrons. The zero-order chi connectivity index (χ0) is 21.2. The van der Waals surface area contributed by atoms with Gasteiger partial charge < -0.3 is 5.73 Å². The summed E-state index contributed by atoms with van der Waals surface area (Å²) in [5, 5.41) is 0. The van der Waals surface area contributed by atoms with E-state index in [0.717, 1.165) is 50.0 Å². The maximum atomic E-state index is 13.9. The van der Waals surface area contributed by atoms with E-state index >= 15 is 0 Å². The number of fused-ring (bicyclic) bond motifs is 4. The van der Waals surface area contributed by atoms with Gasteiger partial charge in [0.05, 0.1) is 0 Å². The van der Waals surface area contributed by atoms with E-state index < -0.39 is 5.54 Å². The molecule has 2 aromatic rings. The van der Waals surface area contributed by atoms with E-state index in [2.05, 4.69) is 42.5 Å². The predicted octanol–water partition coefficient (Wildman–Crippen LogP) is 4.13. The average molecular weight is 414 g/mol. The van der Waals surface area contributed by atoms with Gasteiger partial charge in [-0.1, -0.05) is 55.3 Å². The van der Waals surface area contributed by atoms with Crippen LogP contribution in [0, 0.1) is 11.3 Å². The summed E-state index contributed by atoms with van der Waals surface area (Å²) in [6.45, 7) is 0. The summed E-state index contributed by atoms with van der Waals surface area (Å²) in [5.41, 5.74) is 11.8. The number of aryl methyl sites for hydroxylation is 3. The second-order valence-electron chi connectivity index (χ2n) is 10.2. The molecule has 0 aromatic heterocycles. The molecule has 1 heterocycles. The number of guanidine groups is 1. The molecule has 3 aliphatic carbocycles. The highest BCUT2D eigenvalue weighted by Gasteiger charge is 2.65. The Morgan fingerprint density at radius 1 is 1.06 bits per heavy atom. The number of likely N-dealkylation sites (N-methyl/N-ethyl adjacent to an activating group) is 1. The number of benzene rings is 2. The second-order valence-corrected chi connectivity index (χ2v) is 10.2. The first-order valence-corrected chi connectivity index (χ1v) is 11.8. The monoisotopic (exact) mass is 413 g/mol. The number of nitrogens with zero attached hydrogens (tertiary/aromatic N) is 2. The van der Waals surface area contributed by atoms with Gasteiger partial charge in [-0.3, -0.25) is 9.69 Å². The van der Waals surface area contributed by atoms with Gasteiger partial charge in [0.25, 0.3) is 5.91 Å². The van der Waals surface area contributed by atoms with Crippen LogP contribution in [0.15, 0.2) is 47.5 Å². The van der Waals surface area contributed by atoms with Crippen molar-refractivity contribution in [1.82, 2.24) is 4.90 Å². The highest BCUT2D eigenvalue weighted by molar-refractivity contribution is 6.08. The molecule has 1 aliphatic heterocycles. The molecule has 1 amide bonds. The summed E-state index contributed by atoms with van der Waals surface area (Å²) in [4.78, 5) is 20.5. The Bertz CT molecular complexity index is 1070. The molecule has 0 bridgehead atoms. The largest absolute Gasteiger partial charge is 0.369 e. The molecule has 2 N–H and O–H groups in total. The number of hydrogen-bond donors (Lipinski definition) is 1. The number of rotatable bonds is 3. The van der Waals surface area contributed by atoms with Crippen molar-refractivity contribution in [1.29, 1.82) is 0 Å². The summed E-state index contributed by atoms with van der Waals surface area (Å²) < 4.78 is 0. The van der Waals surface area contributed by atoms with Gasteiger partial charge in [0.2, 0.25) is 0 Å². The molecule has 4 aliphatic rings. The molecular weight excluding hydrogens is 382 g/mol. The van der Waals surface area contributed by atoms with Crippen LogP contribution in [0.3, 0.4) is 0 Å². The maximum absolute atomic E-state index is 13.9. The van der Waals surface area contributed by atoms with Crippen LogP contribution >= 0.6 is 0 Å². The van der Waals surface area contributed by atoms with Gasteiger partial charge in [0, 0.05) is 12.5 Å². The maximum Gasteiger partial charge on any atom is 0.262 e. The molecule has 4 nitrogen and oxygen atoms in total. The van der Waals surface area contributed by atoms with E-state index in [1.807, 2.05) is 0 Å². The Balaban J connectivity index is 1.45. The van der Waals surface area contributed by atoms with E-state index in [1.54, 1.807) is 11.9 Å². The first-order chi connectivity index (χ1) is 15.0. The molecule has 0 unspecified atom stereocenters. The van der Waals surface area contributed by atoms with Crippen LogP contribution in [0.25, 0.3) is 0 Å². The summed E-state index contributed by atoms with van der Waals surface area (Å²) in [6, 6.07) is 15.6. The van der Waals surface area contributed by atoms with Gasteiger partial charge in [0.1, 0.15) is 0 Å². The number of aliphatic imine (C=N–C) groups is 1. The lowest BCUT2D eigenvalue weighted by Crippen LogP contribution is -2.49. The second kappa shape index (κ2) is 6.69. The van der Waals surface area contributed by atoms with E-state index in [1.165, 1.54) is 41.5 Å². The highest BCUT2D eigenvalue weighted by atomic mass is 16.2. The lowest BCUT2D eigenvalue weighted by atomic mass is 9.65. The number of carbonyl (C=O) groups is 1. The summed E-state index contributed by atoms with van der Waals surface area (Å²) in [7, 11) is 1.78. The van der Waals surface area contributed by atoms with Crippen LogP contribution in [0.5, 0.6) is 0 Å². The highest BCUT2D eigenvalue weighted by Crippen LogP contribution is 2.60. The summed E-state index contributed by atoms with van der Waals surface area (Å²) in [5.74, 6) is 1.33. The first kappa shape index (κ1) is 19.1. The van der Waals surface area contributed by atoms with Gasteiger partial charge in [-0.05, 0) is 78.7 Å². The Morgan fingerprint density at radius 2 is 1.77 bits per heavy atom. The van der Waals surface area contributed by atoms with E-state index in [4.69, 9.17) is 10.7 Å².